The fourth-order valence-electron chi connectivity index (χ4n) is 2.45. The minimum absolute atomic E-state index is 0.196. The maximum Gasteiger partial charge on any atom is 0.240 e. The number of benzene rings is 1. The standard InChI is InChI=1S/C13H18BrN3O/c14-10-5-9(8-15)6-11(7-10)17-4-2-1-3-12(17)13(16)18/h5-7,12H,1-4,8,15H2,(H2,16,18). The minimum Gasteiger partial charge on any atom is -0.368 e. The summed E-state index contributed by atoms with van der Waals surface area (Å²) in [5, 5.41) is 0. The van der Waals surface area contributed by atoms with Crippen LogP contribution >= 0.6 is 15.9 Å². The van der Waals surface area contributed by atoms with Crippen molar-refractivity contribution in [2.75, 3.05) is 11.4 Å². The van der Waals surface area contributed by atoms with Gasteiger partial charge in [-0.15, -0.1) is 0 Å². The number of carbonyl (C=O) groups excluding carboxylic acids is 1. The van der Waals surface area contributed by atoms with Crippen LogP contribution in [0.4, 0.5) is 5.69 Å². The molecule has 2 rings (SSSR count). The molecule has 1 aromatic rings. The molecule has 1 atom stereocenters. The van der Waals surface area contributed by atoms with Crippen molar-refractivity contribution in [2.24, 2.45) is 11.5 Å². The van der Waals surface area contributed by atoms with Crippen LogP contribution in [-0.4, -0.2) is 18.5 Å². The van der Waals surface area contributed by atoms with Crippen molar-refractivity contribution in [3.05, 3.63) is 28.2 Å². The van der Waals surface area contributed by atoms with Gasteiger partial charge in [0.15, 0.2) is 0 Å². The molecular weight excluding hydrogens is 294 g/mol. The molecule has 0 saturated carbocycles. The van der Waals surface area contributed by atoms with Gasteiger partial charge in [-0.05, 0) is 43.0 Å². The van der Waals surface area contributed by atoms with Crippen LogP contribution in [0.2, 0.25) is 0 Å². The van der Waals surface area contributed by atoms with Crippen molar-refractivity contribution in [3.63, 3.8) is 0 Å². The summed E-state index contributed by atoms with van der Waals surface area (Å²) in [5.74, 6) is -0.246. The molecule has 18 heavy (non-hydrogen) atoms. The zero-order chi connectivity index (χ0) is 13.1. The largest absolute Gasteiger partial charge is 0.368 e. The van der Waals surface area contributed by atoms with Crippen LogP contribution in [-0.2, 0) is 11.3 Å². The molecule has 98 valence electrons. The lowest BCUT2D eigenvalue weighted by molar-refractivity contribution is -0.119. The number of carbonyl (C=O) groups is 1. The molecule has 0 aromatic heterocycles. The maximum absolute atomic E-state index is 11.5. The van der Waals surface area contributed by atoms with E-state index in [0.717, 1.165) is 41.5 Å². The summed E-state index contributed by atoms with van der Waals surface area (Å²) in [5.41, 5.74) is 13.2. The number of primary amides is 1. The summed E-state index contributed by atoms with van der Waals surface area (Å²) in [6.07, 6.45) is 2.98. The number of hydrogen-bond donors (Lipinski definition) is 2. The fraction of sp³-hybridized carbons (Fsp3) is 0.462. The molecule has 1 saturated heterocycles. The molecule has 1 heterocycles. The first-order valence-electron chi connectivity index (χ1n) is 6.17. The Morgan fingerprint density at radius 3 is 2.83 bits per heavy atom. The highest BCUT2D eigenvalue weighted by molar-refractivity contribution is 9.10. The predicted octanol–water partition coefficient (Wildman–Crippen LogP) is 1.75. The highest BCUT2D eigenvalue weighted by atomic mass is 79.9. The van der Waals surface area contributed by atoms with Crippen LogP contribution in [0.25, 0.3) is 0 Å². The van der Waals surface area contributed by atoms with Crippen molar-refractivity contribution < 1.29 is 4.79 Å². The first-order chi connectivity index (χ1) is 8.61. The highest BCUT2D eigenvalue weighted by Crippen LogP contribution is 2.28. The Hall–Kier alpha value is -1.07. The molecule has 0 spiro atoms. The van der Waals surface area contributed by atoms with Gasteiger partial charge >= 0.3 is 0 Å². The summed E-state index contributed by atoms with van der Waals surface area (Å²) in [7, 11) is 0. The lowest BCUT2D eigenvalue weighted by Crippen LogP contribution is -2.47. The second-order valence-corrected chi connectivity index (χ2v) is 5.54. The average molecular weight is 312 g/mol. The Bertz CT molecular complexity index is 450. The molecule has 1 amide bonds. The quantitative estimate of drug-likeness (QED) is 0.893. The topological polar surface area (TPSA) is 72.3 Å². The molecule has 4 nitrogen and oxygen atoms in total. The van der Waals surface area contributed by atoms with Crippen molar-refractivity contribution in [2.45, 2.75) is 31.8 Å². The SMILES string of the molecule is NCc1cc(Br)cc(N2CCCCC2C(N)=O)c1. The van der Waals surface area contributed by atoms with E-state index in [1.807, 2.05) is 18.2 Å². The number of anilines is 1. The second-order valence-electron chi connectivity index (χ2n) is 4.63. The Kier molecular flexibility index (Phi) is 4.24. The first-order valence-corrected chi connectivity index (χ1v) is 6.96. The van der Waals surface area contributed by atoms with Gasteiger partial charge in [-0.2, -0.15) is 0 Å². The fourth-order valence-corrected chi connectivity index (χ4v) is 2.98. The van der Waals surface area contributed by atoms with Crippen LogP contribution in [0.15, 0.2) is 22.7 Å². The van der Waals surface area contributed by atoms with E-state index in [1.165, 1.54) is 0 Å². The Balaban J connectivity index is 2.33. The molecule has 0 radical (unpaired) electrons. The summed E-state index contributed by atoms with van der Waals surface area (Å²) >= 11 is 3.48. The average Bonchev–Trinajstić information content (AvgIpc) is 2.38. The number of amides is 1. The summed E-state index contributed by atoms with van der Waals surface area (Å²) in [6, 6.07) is 5.85. The number of nitrogens with two attached hydrogens (primary N) is 2. The van der Waals surface area contributed by atoms with Crippen molar-refractivity contribution in [1.29, 1.82) is 0 Å². The predicted molar refractivity (Wildman–Crippen MR) is 76.2 cm³/mol. The zero-order valence-corrected chi connectivity index (χ0v) is 11.8. The van der Waals surface area contributed by atoms with E-state index in [0.29, 0.717) is 6.54 Å². The number of piperidine rings is 1. The van der Waals surface area contributed by atoms with Crippen LogP contribution in [0.5, 0.6) is 0 Å². The van der Waals surface area contributed by atoms with Gasteiger partial charge in [0.05, 0.1) is 0 Å². The minimum atomic E-state index is -0.246. The summed E-state index contributed by atoms with van der Waals surface area (Å²) in [6.45, 7) is 1.36. The zero-order valence-electron chi connectivity index (χ0n) is 10.2. The third kappa shape index (κ3) is 2.84. The molecule has 5 heteroatoms. The number of rotatable bonds is 3. The number of hydrogen-bond acceptors (Lipinski definition) is 3. The van der Waals surface area contributed by atoms with E-state index < -0.39 is 0 Å². The van der Waals surface area contributed by atoms with Crippen LogP contribution in [0.1, 0.15) is 24.8 Å². The smallest absolute Gasteiger partial charge is 0.240 e. The van der Waals surface area contributed by atoms with Gasteiger partial charge < -0.3 is 16.4 Å². The molecule has 0 aliphatic carbocycles. The van der Waals surface area contributed by atoms with Gasteiger partial charge in [0, 0.05) is 23.2 Å². The monoisotopic (exact) mass is 311 g/mol. The molecule has 0 bridgehead atoms. The van der Waals surface area contributed by atoms with Crippen LogP contribution in [0, 0.1) is 0 Å². The normalized spacial score (nSPS) is 19.9. The highest BCUT2D eigenvalue weighted by Gasteiger charge is 2.27. The van der Waals surface area contributed by atoms with Gasteiger partial charge in [0.25, 0.3) is 0 Å². The summed E-state index contributed by atoms with van der Waals surface area (Å²) in [4.78, 5) is 13.6. The lowest BCUT2D eigenvalue weighted by atomic mass is 10.00. The number of nitrogens with zero attached hydrogens (tertiary/aromatic N) is 1. The molecular formula is C13H18BrN3O. The third-order valence-corrected chi connectivity index (χ3v) is 3.80. The van der Waals surface area contributed by atoms with Crippen molar-refractivity contribution in [1.82, 2.24) is 0 Å². The molecule has 1 aromatic carbocycles. The third-order valence-electron chi connectivity index (χ3n) is 3.34. The van der Waals surface area contributed by atoms with E-state index in [-0.39, 0.29) is 11.9 Å². The maximum atomic E-state index is 11.5. The van der Waals surface area contributed by atoms with Gasteiger partial charge in [-0.1, -0.05) is 15.9 Å². The van der Waals surface area contributed by atoms with Gasteiger partial charge in [-0.3, -0.25) is 4.79 Å². The second kappa shape index (κ2) is 5.71. The van der Waals surface area contributed by atoms with E-state index in [9.17, 15) is 4.79 Å². The summed E-state index contributed by atoms with van der Waals surface area (Å²) < 4.78 is 0.981. The van der Waals surface area contributed by atoms with Crippen molar-refractivity contribution >= 4 is 27.5 Å². The lowest BCUT2D eigenvalue weighted by Gasteiger charge is -2.35. The molecule has 1 aliphatic rings. The van der Waals surface area contributed by atoms with Crippen LogP contribution < -0.4 is 16.4 Å². The number of halogens is 1. The Labute approximate surface area is 115 Å². The van der Waals surface area contributed by atoms with Crippen molar-refractivity contribution in [3.8, 4) is 0 Å². The Morgan fingerprint density at radius 2 is 2.17 bits per heavy atom. The first kappa shape index (κ1) is 13.4. The molecule has 4 N–H and O–H groups in total. The van der Waals surface area contributed by atoms with E-state index in [1.54, 1.807) is 0 Å². The molecule has 1 aliphatic heterocycles. The van der Waals surface area contributed by atoms with E-state index in [4.69, 9.17) is 11.5 Å². The van der Waals surface area contributed by atoms with Gasteiger partial charge in [0.2, 0.25) is 5.91 Å². The Morgan fingerprint density at radius 1 is 1.39 bits per heavy atom. The van der Waals surface area contributed by atoms with E-state index >= 15 is 0 Å². The van der Waals surface area contributed by atoms with Crippen LogP contribution in [0.3, 0.4) is 0 Å². The molecule has 1 fully saturated rings. The van der Waals surface area contributed by atoms with Gasteiger partial charge in [0.1, 0.15) is 6.04 Å². The molecule has 1 unspecified atom stereocenters. The van der Waals surface area contributed by atoms with Gasteiger partial charge in [-0.25, -0.2) is 0 Å². The van der Waals surface area contributed by atoms with E-state index in [2.05, 4.69) is 20.8 Å².